The lowest BCUT2D eigenvalue weighted by molar-refractivity contribution is -0.123. The fourth-order valence-corrected chi connectivity index (χ4v) is 2.17. The quantitative estimate of drug-likeness (QED) is 0.833. The predicted octanol–water partition coefficient (Wildman–Crippen LogP) is 3.28. The summed E-state index contributed by atoms with van der Waals surface area (Å²) in [4.78, 5) is 24.0. The number of rotatable bonds is 5. The molecule has 0 aliphatic carbocycles. The number of anilines is 2. The summed E-state index contributed by atoms with van der Waals surface area (Å²) < 4.78 is 5.16. The standard InChI is InChI=1S/C18H20N2O3/c1-12-7-6-9-14(13(12)2)19-17(21)11-18(22)20-15-8-4-5-10-16(15)23-3/h4-10H,11H2,1-3H3,(H,19,21)(H,20,22). The van der Waals surface area contributed by atoms with E-state index in [1.807, 2.05) is 38.1 Å². The second-order valence-corrected chi connectivity index (χ2v) is 5.22. The summed E-state index contributed by atoms with van der Waals surface area (Å²) in [5.74, 6) is -0.195. The van der Waals surface area contributed by atoms with E-state index in [9.17, 15) is 9.59 Å². The Balaban J connectivity index is 1.97. The average Bonchev–Trinajstić information content (AvgIpc) is 2.52. The van der Waals surface area contributed by atoms with Crippen molar-refractivity contribution in [3.63, 3.8) is 0 Å². The van der Waals surface area contributed by atoms with Crippen LogP contribution in [-0.4, -0.2) is 18.9 Å². The fourth-order valence-electron chi connectivity index (χ4n) is 2.17. The highest BCUT2D eigenvalue weighted by molar-refractivity contribution is 6.08. The molecule has 120 valence electrons. The van der Waals surface area contributed by atoms with Crippen molar-refractivity contribution >= 4 is 23.2 Å². The van der Waals surface area contributed by atoms with Crippen molar-refractivity contribution in [3.05, 3.63) is 53.6 Å². The number of hydrogen-bond acceptors (Lipinski definition) is 3. The zero-order chi connectivity index (χ0) is 16.8. The lowest BCUT2D eigenvalue weighted by Gasteiger charge is -2.11. The third-order valence-electron chi connectivity index (χ3n) is 3.58. The minimum absolute atomic E-state index is 0.259. The van der Waals surface area contributed by atoms with E-state index in [1.165, 1.54) is 7.11 Å². The van der Waals surface area contributed by atoms with E-state index in [0.717, 1.165) is 16.8 Å². The molecule has 2 aromatic rings. The van der Waals surface area contributed by atoms with Gasteiger partial charge in [-0.3, -0.25) is 9.59 Å². The van der Waals surface area contributed by atoms with Gasteiger partial charge < -0.3 is 15.4 Å². The van der Waals surface area contributed by atoms with Gasteiger partial charge in [-0.15, -0.1) is 0 Å². The van der Waals surface area contributed by atoms with Gasteiger partial charge in [0.15, 0.2) is 0 Å². The molecular formula is C18H20N2O3. The molecule has 5 nitrogen and oxygen atoms in total. The first-order chi connectivity index (χ1) is 11.0. The second kappa shape index (κ2) is 7.45. The van der Waals surface area contributed by atoms with Crippen LogP contribution in [-0.2, 0) is 9.59 Å². The Labute approximate surface area is 135 Å². The number of ether oxygens (including phenoxy) is 1. The van der Waals surface area contributed by atoms with Crippen molar-refractivity contribution < 1.29 is 14.3 Å². The van der Waals surface area contributed by atoms with Crippen molar-refractivity contribution in [2.24, 2.45) is 0 Å². The van der Waals surface area contributed by atoms with E-state index in [1.54, 1.807) is 18.2 Å². The first-order valence-corrected chi connectivity index (χ1v) is 7.30. The molecule has 0 bridgehead atoms. The van der Waals surface area contributed by atoms with Gasteiger partial charge in [0.1, 0.15) is 12.2 Å². The largest absolute Gasteiger partial charge is 0.495 e. The van der Waals surface area contributed by atoms with E-state index in [0.29, 0.717) is 11.4 Å². The summed E-state index contributed by atoms with van der Waals surface area (Å²) in [5.41, 5.74) is 3.34. The van der Waals surface area contributed by atoms with E-state index in [-0.39, 0.29) is 12.3 Å². The summed E-state index contributed by atoms with van der Waals surface area (Å²) in [7, 11) is 1.53. The van der Waals surface area contributed by atoms with Crippen LogP contribution in [0.2, 0.25) is 0 Å². The molecule has 0 atom stereocenters. The van der Waals surface area contributed by atoms with Crippen LogP contribution < -0.4 is 15.4 Å². The number of carbonyl (C=O) groups is 2. The number of methoxy groups -OCH3 is 1. The van der Waals surface area contributed by atoms with Gasteiger partial charge in [-0.25, -0.2) is 0 Å². The number of amides is 2. The summed E-state index contributed by atoms with van der Waals surface area (Å²) >= 11 is 0. The van der Waals surface area contributed by atoms with Crippen molar-refractivity contribution in [1.82, 2.24) is 0 Å². The fraction of sp³-hybridized carbons (Fsp3) is 0.222. The number of carbonyl (C=O) groups excluding carboxylic acids is 2. The third-order valence-corrected chi connectivity index (χ3v) is 3.58. The molecule has 0 aliphatic rings. The number of aryl methyl sites for hydroxylation is 1. The van der Waals surface area contributed by atoms with E-state index in [4.69, 9.17) is 4.74 Å². The number of benzene rings is 2. The van der Waals surface area contributed by atoms with Gasteiger partial charge in [0.05, 0.1) is 12.8 Å². The molecule has 0 fully saturated rings. The molecule has 0 unspecified atom stereocenters. The first kappa shape index (κ1) is 16.5. The van der Waals surface area contributed by atoms with Crippen LogP contribution in [0.3, 0.4) is 0 Å². The maximum atomic E-state index is 12.0. The highest BCUT2D eigenvalue weighted by atomic mass is 16.5. The maximum absolute atomic E-state index is 12.0. The molecule has 2 aromatic carbocycles. The van der Waals surface area contributed by atoms with Gasteiger partial charge >= 0.3 is 0 Å². The molecule has 0 spiro atoms. The number of hydrogen-bond donors (Lipinski definition) is 2. The van der Waals surface area contributed by atoms with Gasteiger partial charge in [-0.2, -0.15) is 0 Å². The van der Waals surface area contributed by atoms with E-state index < -0.39 is 5.91 Å². The summed E-state index contributed by atoms with van der Waals surface area (Å²) in [5, 5.41) is 5.44. The molecule has 0 saturated heterocycles. The summed E-state index contributed by atoms with van der Waals surface area (Å²) in [6, 6.07) is 12.7. The van der Waals surface area contributed by atoms with Gasteiger partial charge in [0, 0.05) is 5.69 Å². The molecule has 2 amide bonds. The smallest absolute Gasteiger partial charge is 0.233 e. The topological polar surface area (TPSA) is 67.4 Å². The molecule has 0 aliphatic heterocycles. The average molecular weight is 312 g/mol. The Morgan fingerprint density at radius 3 is 2.22 bits per heavy atom. The zero-order valence-corrected chi connectivity index (χ0v) is 13.5. The van der Waals surface area contributed by atoms with Crippen LogP contribution >= 0.6 is 0 Å². The zero-order valence-electron chi connectivity index (χ0n) is 13.5. The summed E-state index contributed by atoms with van der Waals surface area (Å²) in [6.45, 7) is 3.90. The highest BCUT2D eigenvalue weighted by Gasteiger charge is 2.13. The number of nitrogens with one attached hydrogen (secondary N) is 2. The Bertz CT molecular complexity index is 726. The third kappa shape index (κ3) is 4.32. The monoisotopic (exact) mass is 312 g/mol. The first-order valence-electron chi connectivity index (χ1n) is 7.30. The van der Waals surface area contributed by atoms with Crippen LogP contribution in [0.1, 0.15) is 17.5 Å². The SMILES string of the molecule is COc1ccccc1NC(=O)CC(=O)Nc1cccc(C)c1C. The summed E-state index contributed by atoms with van der Waals surface area (Å²) in [6.07, 6.45) is -0.259. The van der Waals surface area contributed by atoms with Crippen LogP contribution in [0.4, 0.5) is 11.4 Å². The minimum atomic E-state index is -0.391. The Kier molecular flexibility index (Phi) is 5.36. The van der Waals surface area contributed by atoms with Gasteiger partial charge in [-0.1, -0.05) is 24.3 Å². The normalized spacial score (nSPS) is 10.0. The van der Waals surface area contributed by atoms with E-state index in [2.05, 4.69) is 10.6 Å². The van der Waals surface area contributed by atoms with Crippen LogP contribution in [0.5, 0.6) is 5.75 Å². The predicted molar refractivity (Wildman–Crippen MR) is 90.8 cm³/mol. The molecule has 0 saturated carbocycles. The maximum Gasteiger partial charge on any atom is 0.233 e. The van der Waals surface area contributed by atoms with Crippen LogP contribution in [0.25, 0.3) is 0 Å². The van der Waals surface area contributed by atoms with Gasteiger partial charge in [0.2, 0.25) is 11.8 Å². The lowest BCUT2D eigenvalue weighted by Crippen LogP contribution is -2.22. The molecular weight excluding hydrogens is 292 g/mol. The van der Waals surface area contributed by atoms with Crippen molar-refractivity contribution in [1.29, 1.82) is 0 Å². The molecule has 2 N–H and O–H groups in total. The van der Waals surface area contributed by atoms with E-state index >= 15 is 0 Å². The minimum Gasteiger partial charge on any atom is -0.495 e. The van der Waals surface area contributed by atoms with Crippen molar-refractivity contribution in [2.45, 2.75) is 20.3 Å². The van der Waals surface area contributed by atoms with Crippen LogP contribution in [0, 0.1) is 13.8 Å². The van der Waals surface area contributed by atoms with Crippen molar-refractivity contribution in [3.8, 4) is 5.75 Å². The number of para-hydroxylation sites is 2. The Morgan fingerprint density at radius 1 is 0.913 bits per heavy atom. The molecule has 23 heavy (non-hydrogen) atoms. The van der Waals surface area contributed by atoms with Gasteiger partial charge in [-0.05, 0) is 43.2 Å². The second-order valence-electron chi connectivity index (χ2n) is 5.22. The molecule has 2 rings (SSSR count). The molecule has 0 radical (unpaired) electrons. The molecule has 0 aromatic heterocycles. The molecule has 0 heterocycles. The Morgan fingerprint density at radius 2 is 1.52 bits per heavy atom. The highest BCUT2D eigenvalue weighted by Crippen LogP contribution is 2.23. The van der Waals surface area contributed by atoms with Gasteiger partial charge in [0.25, 0.3) is 0 Å². The van der Waals surface area contributed by atoms with Crippen LogP contribution in [0.15, 0.2) is 42.5 Å². The van der Waals surface area contributed by atoms with Crippen molar-refractivity contribution in [2.75, 3.05) is 17.7 Å². The lowest BCUT2D eigenvalue weighted by atomic mass is 10.1. The Hall–Kier alpha value is -2.82. The molecule has 5 heteroatoms.